The molecule has 0 saturated carbocycles. The summed E-state index contributed by atoms with van der Waals surface area (Å²) >= 11 is 7.56. The summed E-state index contributed by atoms with van der Waals surface area (Å²) in [5, 5.41) is 2.16. The van der Waals surface area contributed by atoms with Gasteiger partial charge >= 0.3 is 0 Å². The van der Waals surface area contributed by atoms with Crippen molar-refractivity contribution in [1.82, 2.24) is 4.72 Å². The number of rotatable bonds is 6. The van der Waals surface area contributed by atoms with Gasteiger partial charge in [-0.05, 0) is 35.6 Å². The fourth-order valence-electron chi connectivity index (χ4n) is 1.72. The first-order chi connectivity index (χ1) is 9.53. The summed E-state index contributed by atoms with van der Waals surface area (Å²) in [6.45, 7) is 0.612. The Balaban J connectivity index is 2.09. The van der Waals surface area contributed by atoms with Crippen LogP contribution in [0.1, 0.15) is 10.4 Å². The molecular weight excluding hydrogens is 316 g/mol. The predicted octanol–water partition coefficient (Wildman–Crippen LogP) is 2.38. The van der Waals surface area contributed by atoms with Crippen LogP contribution in [-0.2, 0) is 23.0 Å². The molecule has 0 fully saturated rings. The van der Waals surface area contributed by atoms with Gasteiger partial charge in [0.05, 0.1) is 5.02 Å². The molecule has 4 nitrogen and oxygen atoms in total. The van der Waals surface area contributed by atoms with Crippen molar-refractivity contribution in [2.45, 2.75) is 17.9 Å². The molecule has 0 aliphatic rings. The molecule has 1 heterocycles. The lowest BCUT2D eigenvalue weighted by atomic mass is 10.2. The molecule has 20 heavy (non-hydrogen) atoms. The monoisotopic (exact) mass is 330 g/mol. The molecule has 0 amide bonds. The smallest absolute Gasteiger partial charge is 0.242 e. The first-order valence-electron chi connectivity index (χ1n) is 6.03. The molecule has 0 spiro atoms. The van der Waals surface area contributed by atoms with Gasteiger partial charge in [0.1, 0.15) is 4.90 Å². The van der Waals surface area contributed by atoms with E-state index in [-0.39, 0.29) is 16.5 Å². The molecule has 3 N–H and O–H groups in total. The Hall–Kier alpha value is -0.920. The Labute approximate surface area is 127 Å². The molecule has 0 saturated heterocycles. The maximum atomic E-state index is 12.2. The zero-order chi connectivity index (χ0) is 14.6. The molecule has 2 rings (SSSR count). The van der Waals surface area contributed by atoms with E-state index in [4.69, 9.17) is 17.3 Å². The van der Waals surface area contributed by atoms with Crippen LogP contribution in [0.15, 0.2) is 40.6 Å². The second-order valence-electron chi connectivity index (χ2n) is 4.20. The van der Waals surface area contributed by atoms with Crippen LogP contribution in [0.3, 0.4) is 0 Å². The van der Waals surface area contributed by atoms with E-state index < -0.39 is 10.0 Å². The molecule has 108 valence electrons. The molecule has 2 aromatic rings. The number of sulfonamides is 1. The molecule has 1 aromatic carbocycles. The Bertz CT molecular complexity index is 670. The minimum atomic E-state index is -3.61. The van der Waals surface area contributed by atoms with Crippen LogP contribution in [0.25, 0.3) is 0 Å². The van der Waals surface area contributed by atoms with E-state index in [0.29, 0.717) is 13.0 Å². The lowest BCUT2D eigenvalue weighted by Gasteiger charge is -2.09. The van der Waals surface area contributed by atoms with Gasteiger partial charge in [0, 0.05) is 18.0 Å². The van der Waals surface area contributed by atoms with Crippen molar-refractivity contribution in [3.63, 3.8) is 0 Å². The van der Waals surface area contributed by atoms with Crippen molar-refractivity contribution in [1.29, 1.82) is 0 Å². The molecule has 0 atom stereocenters. The van der Waals surface area contributed by atoms with Crippen LogP contribution >= 0.6 is 22.9 Å². The first kappa shape index (κ1) is 15.5. The van der Waals surface area contributed by atoms with Gasteiger partial charge in [-0.3, -0.25) is 0 Å². The normalized spacial score (nSPS) is 11.7. The maximum absolute atomic E-state index is 12.2. The minimum absolute atomic E-state index is 0.0771. The summed E-state index contributed by atoms with van der Waals surface area (Å²) in [5.74, 6) is 0. The topological polar surface area (TPSA) is 72.2 Å². The fraction of sp³-hybridized carbons (Fsp3) is 0.231. The van der Waals surface area contributed by atoms with Crippen LogP contribution < -0.4 is 10.5 Å². The maximum Gasteiger partial charge on any atom is 0.242 e. The molecular formula is C13H15ClN2O2S2. The lowest BCUT2D eigenvalue weighted by Crippen LogP contribution is -2.26. The molecule has 0 bridgehead atoms. The number of hydrogen-bond donors (Lipinski definition) is 2. The zero-order valence-electron chi connectivity index (χ0n) is 10.7. The van der Waals surface area contributed by atoms with E-state index >= 15 is 0 Å². The van der Waals surface area contributed by atoms with Crippen molar-refractivity contribution in [2.24, 2.45) is 5.73 Å². The molecule has 0 unspecified atom stereocenters. The van der Waals surface area contributed by atoms with Crippen molar-refractivity contribution in [2.75, 3.05) is 6.54 Å². The van der Waals surface area contributed by atoms with Gasteiger partial charge in [0.15, 0.2) is 0 Å². The number of nitrogens with two attached hydrogens (primary N) is 1. The molecule has 1 aromatic heterocycles. The SMILES string of the molecule is NCc1ccc(Cl)c(S(=O)(=O)NCCc2cccs2)c1. The fourth-order valence-corrected chi connectivity index (χ4v) is 4.01. The molecule has 0 aliphatic heterocycles. The van der Waals surface area contributed by atoms with Crippen molar-refractivity contribution < 1.29 is 8.42 Å². The van der Waals surface area contributed by atoms with E-state index in [0.717, 1.165) is 10.4 Å². The van der Waals surface area contributed by atoms with Crippen LogP contribution in [0.4, 0.5) is 0 Å². The third-order valence-electron chi connectivity index (χ3n) is 2.76. The first-order valence-corrected chi connectivity index (χ1v) is 8.77. The summed E-state index contributed by atoms with van der Waals surface area (Å²) in [5.41, 5.74) is 6.25. The number of thiophene rings is 1. The van der Waals surface area contributed by atoms with E-state index in [1.165, 1.54) is 6.07 Å². The Kier molecular flexibility index (Phi) is 5.17. The average Bonchev–Trinajstić information content (AvgIpc) is 2.92. The highest BCUT2D eigenvalue weighted by atomic mass is 35.5. The van der Waals surface area contributed by atoms with Gasteiger partial charge in [-0.15, -0.1) is 11.3 Å². The van der Waals surface area contributed by atoms with E-state index in [9.17, 15) is 8.42 Å². The quantitative estimate of drug-likeness (QED) is 0.854. The van der Waals surface area contributed by atoms with Gasteiger partial charge in [-0.1, -0.05) is 23.7 Å². The highest BCUT2D eigenvalue weighted by Crippen LogP contribution is 2.22. The highest BCUT2D eigenvalue weighted by molar-refractivity contribution is 7.89. The molecule has 0 aliphatic carbocycles. The van der Waals surface area contributed by atoms with E-state index in [2.05, 4.69) is 4.72 Å². The average molecular weight is 331 g/mol. The Morgan fingerprint density at radius 1 is 1.30 bits per heavy atom. The van der Waals surface area contributed by atoms with Gasteiger partial charge < -0.3 is 5.73 Å². The van der Waals surface area contributed by atoms with Crippen LogP contribution in [0, 0.1) is 0 Å². The van der Waals surface area contributed by atoms with Crippen LogP contribution in [0.2, 0.25) is 5.02 Å². The number of hydrogen-bond acceptors (Lipinski definition) is 4. The van der Waals surface area contributed by atoms with Crippen LogP contribution in [0.5, 0.6) is 0 Å². The standard InChI is InChI=1S/C13H15ClN2O2S2/c14-12-4-3-10(9-15)8-13(12)20(17,18)16-6-5-11-2-1-7-19-11/h1-4,7-8,16H,5-6,9,15H2. The number of benzene rings is 1. The summed E-state index contributed by atoms with van der Waals surface area (Å²) in [6, 6.07) is 8.69. The Morgan fingerprint density at radius 3 is 2.75 bits per heavy atom. The van der Waals surface area contributed by atoms with Gasteiger partial charge in [0.25, 0.3) is 0 Å². The molecule has 7 heteroatoms. The summed E-state index contributed by atoms with van der Waals surface area (Å²) in [6.07, 6.45) is 0.658. The number of nitrogens with one attached hydrogen (secondary N) is 1. The second kappa shape index (κ2) is 6.69. The largest absolute Gasteiger partial charge is 0.326 e. The summed E-state index contributed by atoms with van der Waals surface area (Å²) < 4.78 is 27.0. The highest BCUT2D eigenvalue weighted by Gasteiger charge is 2.17. The third-order valence-corrected chi connectivity index (χ3v) is 5.64. The van der Waals surface area contributed by atoms with E-state index in [1.807, 2.05) is 17.5 Å². The summed E-state index contributed by atoms with van der Waals surface area (Å²) in [4.78, 5) is 1.21. The second-order valence-corrected chi connectivity index (χ2v) is 7.37. The van der Waals surface area contributed by atoms with Gasteiger partial charge in [-0.25, -0.2) is 13.1 Å². The zero-order valence-corrected chi connectivity index (χ0v) is 13.1. The molecule has 0 radical (unpaired) electrons. The minimum Gasteiger partial charge on any atom is -0.326 e. The predicted molar refractivity (Wildman–Crippen MR) is 82.6 cm³/mol. The number of halogens is 1. The van der Waals surface area contributed by atoms with Crippen LogP contribution in [-0.4, -0.2) is 15.0 Å². The van der Waals surface area contributed by atoms with Gasteiger partial charge in [-0.2, -0.15) is 0 Å². The van der Waals surface area contributed by atoms with Gasteiger partial charge in [0.2, 0.25) is 10.0 Å². The van der Waals surface area contributed by atoms with Crippen molar-refractivity contribution in [3.05, 3.63) is 51.2 Å². The Morgan fingerprint density at radius 2 is 2.10 bits per heavy atom. The van der Waals surface area contributed by atoms with E-state index in [1.54, 1.807) is 23.5 Å². The summed E-state index contributed by atoms with van der Waals surface area (Å²) in [7, 11) is -3.61. The van der Waals surface area contributed by atoms with Crippen molar-refractivity contribution >= 4 is 33.0 Å². The lowest BCUT2D eigenvalue weighted by molar-refractivity contribution is 0.582. The van der Waals surface area contributed by atoms with Crippen molar-refractivity contribution in [3.8, 4) is 0 Å². The third kappa shape index (κ3) is 3.80.